The molecule has 1 aromatic heterocycles. The summed E-state index contributed by atoms with van der Waals surface area (Å²) in [5.74, 6) is 0.0933. The average molecular weight is 196 g/mol. The molecule has 0 aromatic carbocycles. The normalized spacial score (nSPS) is 10.4. The minimum absolute atomic E-state index is 0.0447. The summed E-state index contributed by atoms with van der Waals surface area (Å²) in [7, 11) is 1.32. The summed E-state index contributed by atoms with van der Waals surface area (Å²) in [6, 6.07) is 1.08. The van der Waals surface area contributed by atoms with Gasteiger partial charge in [0.05, 0.1) is 7.11 Å². The van der Waals surface area contributed by atoms with Crippen LogP contribution in [0.15, 0.2) is 21.5 Å². The van der Waals surface area contributed by atoms with Crippen molar-refractivity contribution in [2.75, 3.05) is 7.11 Å². The molecule has 0 spiro atoms. The van der Waals surface area contributed by atoms with E-state index in [1.807, 2.05) is 0 Å². The zero-order chi connectivity index (χ0) is 10.6. The van der Waals surface area contributed by atoms with Crippen LogP contribution in [-0.4, -0.2) is 12.0 Å². The van der Waals surface area contributed by atoms with Crippen molar-refractivity contribution in [3.63, 3.8) is 0 Å². The molecule has 0 bridgehead atoms. The van der Waals surface area contributed by atoms with Gasteiger partial charge in [0.25, 0.3) is 0 Å². The number of hydrogen-bond acceptors (Lipinski definition) is 5. The van der Waals surface area contributed by atoms with Crippen molar-refractivity contribution in [3.05, 3.63) is 44.6 Å². The van der Waals surface area contributed by atoms with E-state index >= 15 is 0 Å². The second kappa shape index (κ2) is 4.22. The van der Waals surface area contributed by atoms with Crippen molar-refractivity contribution in [1.82, 2.24) is 0 Å². The van der Waals surface area contributed by atoms with Gasteiger partial charge < -0.3 is 9.15 Å². The van der Waals surface area contributed by atoms with Gasteiger partial charge in [-0.05, 0) is 10.7 Å². The maximum absolute atomic E-state index is 11.1. The lowest BCUT2D eigenvalue weighted by molar-refractivity contribution is -0.417. The van der Waals surface area contributed by atoms with E-state index in [1.54, 1.807) is 6.20 Å². The highest BCUT2D eigenvalue weighted by atomic mass is 16.6. The Kier molecular flexibility index (Phi) is 3.01. The monoisotopic (exact) mass is 196 g/mol. The lowest BCUT2D eigenvalue weighted by Crippen LogP contribution is -2.03. The lowest BCUT2D eigenvalue weighted by Gasteiger charge is -2.02. The standard InChI is InChI=1S/C8H6NO5/c1-13-8-5-14-6(4-7(8)10)2-3-9(11)12/h2,4-5H,1H3/q-1. The summed E-state index contributed by atoms with van der Waals surface area (Å²) in [5.41, 5.74) is -0.407. The number of hydrogen-bond donors (Lipinski definition) is 0. The molecule has 0 atom stereocenters. The lowest BCUT2D eigenvalue weighted by atomic mass is 10.3. The molecule has 0 amide bonds. The summed E-state index contributed by atoms with van der Waals surface area (Å²) in [6.07, 6.45) is 3.79. The van der Waals surface area contributed by atoms with E-state index in [2.05, 4.69) is 4.74 Å². The van der Waals surface area contributed by atoms with Gasteiger partial charge in [-0.1, -0.05) is 6.07 Å². The Morgan fingerprint density at radius 3 is 2.93 bits per heavy atom. The first-order valence-electron chi connectivity index (χ1n) is 3.54. The van der Waals surface area contributed by atoms with E-state index in [4.69, 9.17) is 4.42 Å². The van der Waals surface area contributed by atoms with Crippen molar-refractivity contribution in [2.24, 2.45) is 0 Å². The van der Waals surface area contributed by atoms with Crippen LogP contribution < -0.4 is 10.2 Å². The molecule has 0 saturated carbocycles. The Balaban J connectivity index is 2.98. The van der Waals surface area contributed by atoms with Crippen molar-refractivity contribution in [1.29, 1.82) is 0 Å². The van der Waals surface area contributed by atoms with E-state index in [9.17, 15) is 14.9 Å². The van der Waals surface area contributed by atoms with Gasteiger partial charge in [-0.2, -0.15) is 0 Å². The highest BCUT2D eigenvalue weighted by Gasteiger charge is 1.95. The number of ether oxygens (including phenoxy) is 1. The van der Waals surface area contributed by atoms with Crippen molar-refractivity contribution in [2.45, 2.75) is 0 Å². The van der Waals surface area contributed by atoms with Crippen LogP contribution in [0.2, 0.25) is 0 Å². The van der Waals surface area contributed by atoms with Gasteiger partial charge >= 0.3 is 0 Å². The van der Waals surface area contributed by atoms with E-state index in [0.717, 1.165) is 18.4 Å². The maximum atomic E-state index is 11.1. The molecule has 0 aliphatic carbocycles. The van der Waals surface area contributed by atoms with Gasteiger partial charge in [-0.15, -0.1) is 6.08 Å². The molecule has 0 aliphatic rings. The second-order valence-electron chi connectivity index (χ2n) is 2.25. The van der Waals surface area contributed by atoms with Crippen LogP contribution in [0.5, 0.6) is 5.75 Å². The van der Waals surface area contributed by atoms with Gasteiger partial charge in [-0.3, -0.25) is 14.9 Å². The molecule has 1 rings (SSSR count). The molecule has 74 valence electrons. The molecule has 0 aliphatic heterocycles. The zero-order valence-electron chi connectivity index (χ0n) is 7.22. The summed E-state index contributed by atoms with van der Waals surface area (Å²) < 4.78 is 9.48. The number of nitro groups is 1. The van der Waals surface area contributed by atoms with Crippen LogP contribution in [0, 0.1) is 16.3 Å². The first-order valence-corrected chi connectivity index (χ1v) is 3.54. The third kappa shape index (κ3) is 2.44. The Bertz CT molecular complexity index is 420. The van der Waals surface area contributed by atoms with Crippen LogP contribution in [0.1, 0.15) is 5.76 Å². The second-order valence-corrected chi connectivity index (χ2v) is 2.25. The predicted octanol–water partition coefficient (Wildman–Crippen LogP) is 0.699. The van der Waals surface area contributed by atoms with Gasteiger partial charge in [0, 0.05) is 0 Å². The molecule has 14 heavy (non-hydrogen) atoms. The molecule has 6 heteroatoms. The van der Waals surface area contributed by atoms with Crippen LogP contribution in [0.4, 0.5) is 0 Å². The largest absolute Gasteiger partial charge is 0.548 e. The Morgan fingerprint density at radius 2 is 2.43 bits per heavy atom. The molecule has 6 nitrogen and oxygen atoms in total. The topological polar surface area (TPSA) is 82.6 Å². The van der Waals surface area contributed by atoms with E-state index in [0.29, 0.717) is 0 Å². The SMILES string of the molecule is COc1coc(C=[C-][N+](=O)[O-])cc1=O. The Hall–Kier alpha value is -2.11. The zero-order valence-corrected chi connectivity index (χ0v) is 7.22. The summed E-state index contributed by atoms with van der Waals surface area (Å²) in [6.45, 7) is 0. The van der Waals surface area contributed by atoms with Gasteiger partial charge in [0.1, 0.15) is 12.5 Å². The predicted molar refractivity (Wildman–Crippen MR) is 46.2 cm³/mol. The summed E-state index contributed by atoms with van der Waals surface area (Å²) >= 11 is 0. The van der Waals surface area contributed by atoms with Crippen molar-refractivity contribution >= 4 is 6.08 Å². The molecular weight excluding hydrogens is 190 g/mol. The molecular formula is C8H6NO5-. The highest BCUT2D eigenvalue weighted by molar-refractivity contribution is 5.39. The molecule has 0 unspecified atom stereocenters. The van der Waals surface area contributed by atoms with Crippen LogP contribution in [-0.2, 0) is 0 Å². The molecule has 0 radical (unpaired) electrons. The fraction of sp³-hybridized carbons (Fsp3) is 0.125. The average Bonchev–Trinajstić information content (AvgIpc) is 2.15. The van der Waals surface area contributed by atoms with Gasteiger partial charge in [-0.25, -0.2) is 0 Å². The van der Waals surface area contributed by atoms with Crippen molar-refractivity contribution in [3.8, 4) is 5.75 Å². The fourth-order valence-corrected chi connectivity index (χ4v) is 0.755. The fourth-order valence-electron chi connectivity index (χ4n) is 0.755. The number of nitrogens with zero attached hydrogens (tertiary/aromatic N) is 1. The van der Waals surface area contributed by atoms with Crippen LogP contribution in [0.3, 0.4) is 0 Å². The number of methoxy groups -OCH3 is 1. The molecule has 0 fully saturated rings. The number of rotatable bonds is 3. The highest BCUT2D eigenvalue weighted by Crippen LogP contribution is 2.05. The van der Waals surface area contributed by atoms with E-state index in [-0.39, 0.29) is 11.5 Å². The van der Waals surface area contributed by atoms with E-state index < -0.39 is 10.4 Å². The van der Waals surface area contributed by atoms with Crippen molar-refractivity contribution < 1.29 is 14.1 Å². The molecule has 1 heterocycles. The van der Waals surface area contributed by atoms with Crippen LogP contribution >= 0.6 is 0 Å². The van der Waals surface area contributed by atoms with Gasteiger partial charge in [0.2, 0.25) is 5.43 Å². The quantitative estimate of drug-likeness (QED) is 0.307. The van der Waals surface area contributed by atoms with E-state index in [1.165, 1.54) is 7.11 Å². The Labute approximate surface area is 78.6 Å². The first-order chi connectivity index (χ1) is 6.63. The van der Waals surface area contributed by atoms with Crippen LogP contribution in [0.25, 0.3) is 6.08 Å². The Morgan fingerprint density at radius 1 is 1.71 bits per heavy atom. The smallest absolute Gasteiger partial charge is 0.209 e. The molecule has 1 aromatic rings. The molecule has 0 N–H and O–H groups in total. The maximum Gasteiger partial charge on any atom is 0.209 e. The summed E-state index contributed by atoms with van der Waals surface area (Å²) in [5, 5.41) is 9.90. The molecule has 0 saturated heterocycles. The minimum Gasteiger partial charge on any atom is -0.548 e. The minimum atomic E-state index is -0.774. The van der Waals surface area contributed by atoms with Gasteiger partial charge in [0.15, 0.2) is 5.75 Å². The third-order valence-electron chi connectivity index (χ3n) is 1.35. The first kappa shape index (κ1) is 9.97. The summed E-state index contributed by atoms with van der Waals surface area (Å²) in [4.78, 5) is 20.2. The third-order valence-corrected chi connectivity index (χ3v) is 1.35.